The predicted octanol–water partition coefficient (Wildman–Crippen LogP) is 2.88. The van der Waals surface area contributed by atoms with Crippen LogP contribution in [0, 0.1) is 5.92 Å². The summed E-state index contributed by atoms with van der Waals surface area (Å²) in [5.74, 6) is -0.365. The van der Waals surface area contributed by atoms with Gasteiger partial charge in [-0.1, -0.05) is 23.8 Å². The number of pyridine rings is 2. The van der Waals surface area contributed by atoms with E-state index >= 15 is 0 Å². The summed E-state index contributed by atoms with van der Waals surface area (Å²) >= 11 is 0. The average Bonchev–Trinajstić information content (AvgIpc) is 3.05. The Morgan fingerprint density at radius 1 is 1.42 bits per heavy atom. The van der Waals surface area contributed by atoms with E-state index in [1.807, 2.05) is 6.92 Å². The molecular weight excluding hydrogens is 328 g/mol. The second kappa shape index (κ2) is 6.37. The van der Waals surface area contributed by atoms with E-state index in [4.69, 9.17) is 10.7 Å². The topological polar surface area (TPSA) is 90.3 Å². The van der Waals surface area contributed by atoms with Crippen LogP contribution in [0.25, 0.3) is 11.0 Å². The first kappa shape index (κ1) is 16.4. The lowest BCUT2D eigenvalue weighted by Crippen LogP contribution is -2.24. The number of amides is 1. The highest BCUT2D eigenvalue weighted by atomic mass is 16.2. The molecule has 4 rings (SSSR count). The molecule has 0 aromatic carbocycles. The molecule has 6 nitrogen and oxygen atoms in total. The van der Waals surface area contributed by atoms with Crippen LogP contribution in [0.15, 0.2) is 52.0 Å². The molecule has 132 valence electrons. The third-order valence-electron chi connectivity index (χ3n) is 5.12. The van der Waals surface area contributed by atoms with Gasteiger partial charge in [-0.25, -0.2) is 4.98 Å². The van der Waals surface area contributed by atoms with Crippen LogP contribution < -0.4 is 11.2 Å². The van der Waals surface area contributed by atoms with Crippen LogP contribution >= 0.6 is 0 Å². The summed E-state index contributed by atoms with van der Waals surface area (Å²) in [6, 6.07) is 1.72. The first-order valence-electron chi connectivity index (χ1n) is 8.84. The lowest BCUT2D eigenvalue weighted by Gasteiger charge is -2.14. The molecule has 1 fully saturated rings. The smallest absolute Gasteiger partial charge is 0.254 e. The van der Waals surface area contributed by atoms with Crippen molar-refractivity contribution < 1.29 is 4.79 Å². The number of aryl methyl sites for hydroxylation is 1. The Morgan fingerprint density at radius 2 is 2.27 bits per heavy atom. The Morgan fingerprint density at radius 3 is 3.04 bits per heavy atom. The second-order valence-electron chi connectivity index (χ2n) is 6.65. The highest BCUT2D eigenvalue weighted by Crippen LogP contribution is 2.35. The van der Waals surface area contributed by atoms with Crippen LogP contribution in [0.1, 0.15) is 36.5 Å². The molecule has 26 heavy (non-hydrogen) atoms. The lowest BCUT2D eigenvalue weighted by molar-refractivity contribution is 0.0999. The van der Waals surface area contributed by atoms with Crippen molar-refractivity contribution in [3.05, 3.63) is 58.0 Å². The van der Waals surface area contributed by atoms with Crippen LogP contribution in [0.4, 0.5) is 5.69 Å². The molecule has 0 aliphatic heterocycles. The number of primary amides is 1. The number of carbonyl (C=O) groups excluding carboxylic acids is 1. The van der Waals surface area contributed by atoms with Gasteiger partial charge in [-0.15, -0.1) is 0 Å². The van der Waals surface area contributed by atoms with E-state index in [2.05, 4.69) is 23.2 Å². The molecule has 2 N–H and O–H groups in total. The van der Waals surface area contributed by atoms with Gasteiger partial charge in [-0.2, -0.15) is 0 Å². The molecule has 1 atom stereocenters. The molecule has 2 heterocycles. The number of hydrogen-bond acceptors (Lipinski definition) is 4. The second-order valence-corrected chi connectivity index (χ2v) is 6.65. The van der Waals surface area contributed by atoms with E-state index < -0.39 is 5.91 Å². The molecule has 1 amide bonds. The molecule has 2 aliphatic carbocycles. The number of carbonyl (C=O) groups is 1. The number of aliphatic imine (C=N–C) groups is 1. The minimum atomic E-state index is -0.726. The van der Waals surface area contributed by atoms with Gasteiger partial charge < -0.3 is 10.3 Å². The van der Waals surface area contributed by atoms with Gasteiger partial charge in [0.25, 0.3) is 5.91 Å². The minimum Gasteiger partial charge on any atom is -0.365 e. The van der Waals surface area contributed by atoms with Crippen LogP contribution in [0.3, 0.4) is 0 Å². The Labute approximate surface area is 150 Å². The predicted molar refractivity (Wildman–Crippen MR) is 102 cm³/mol. The van der Waals surface area contributed by atoms with E-state index in [-0.39, 0.29) is 11.0 Å². The van der Waals surface area contributed by atoms with E-state index in [1.165, 1.54) is 11.8 Å². The standard InChI is InChI=1S/C20H20N4O2/c1-2-24-11-16(19(21)26)18(25)15-9-13(10-22-20(15)24)23-17-8-7-12-5-3-4-6-14(12)17/h3-5,9-11,14H,2,6-8H2,1H3,(H2,21,26). The molecular formula is C20H20N4O2. The van der Waals surface area contributed by atoms with Crippen molar-refractivity contribution in [1.29, 1.82) is 0 Å². The fraction of sp³-hybridized carbons (Fsp3) is 0.300. The van der Waals surface area contributed by atoms with Crippen molar-refractivity contribution in [3.8, 4) is 0 Å². The maximum absolute atomic E-state index is 12.6. The molecule has 0 bridgehead atoms. The first-order chi connectivity index (χ1) is 12.6. The quantitative estimate of drug-likeness (QED) is 0.924. The molecule has 0 saturated heterocycles. The Kier molecular flexibility index (Phi) is 4.03. The zero-order chi connectivity index (χ0) is 18.3. The summed E-state index contributed by atoms with van der Waals surface area (Å²) < 4.78 is 1.76. The van der Waals surface area contributed by atoms with Gasteiger partial charge in [-0.05, 0) is 32.3 Å². The van der Waals surface area contributed by atoms with E-state index in [0.717, 1.165) is 25.0 Å². The zero-order valence-electron chi connectivity index (χ0n) is 14.6. The largest absolute Gasteiger partial charge is 0.365 e. The van der Waals surface area contributed by atoms with Crippen LogP contribution in [-0.2, 0) is 6.54 Å². The van der Waals surface area contributed by atoms with Gasteiger partial charge in [0, 0.05) is 24.4 Å². The number of allylic oxidation sites excluding steroid dienone is 4. The normalized spacial score (nSPS) is 20.4. The molecule has 2 aromatic heterocycles. The van der Waals surface area contributed by atoms with Crippen molar-refractivity contribution in [2.24, 2.45) is 16.6 Å². The van der Waals surface area contributed by atoms with Gasteiger partial charge in [-0.3, -0.25) is 14.6 Å². The molecule has 2 aromatic rings. The van der Waals surface area contributed by atoms with Gasteiger partial charge in [0.15, 0.2) is 0 Å². The number of fused-ring (bicyclic) bond motifs is 2. The summed E-state index contributed by atoms with van der Waals surface area (Å²) in [5, 5.41) is 0.377. The third kappa shape index (κ3) is 2.67. The van der Waals surface area contributed by atoms with E-state index in [0.29, 0.717) is 29.2 Å². The number of nitrogens with two attached hydrogens (primary N) is 1. The van der Waals surface area contributed by atoms with Gasteiger partial charge in [0.2, 0.25) is 5.43 Å². The Balaban J connectivity index is 1.83. The maximum atomic E-state index is 12.6. The highest BCUT2D eigenvalue weighted by Gasteiger charge is 2.27. The van der Waals surface area contributed by atoms with Crippen molar-refractivity contribution in [2.45, 2.75) is 32.7 Å². The summed E-state index contributed by atoms with van der Waals surface area (Å²) in [7, 11) is 0. The number of rotatable bonds is 3. The summed E-state index contributed by atoms with van der Waals surface area (Å²) in [6.07, 6.45) is 12.5. The fourth-order valence-electron chi connectivity index (χ4n) is 3.77. The SMILES string of the molecule is CCn1cc(C(N)=O)c(=O)c2cc(N=C3CCC4=CC=CCC43)cnc21. The number of nitrogens with zero attached hydrogens (tertiary/aromatic N) is 3. The minimum absolute atomic E-state index is 0.0190. The monoisotopic (exact) mass is 348 g/mol. The van der Waals surface area contributed by atoms with Crippen LogP contribution in [-0.4, -0.2) is 21.2 Å². The van der Waals surface area contributed by atoms with E-state index in [1.54, 1.807) is 16.8 Å². The fourth-order valence-corrected chi connectivity index (χ4v) is 3.77. The molecule has 1 saturated carbocycles. The maximum Gasteiger partial charge on any atom is 0.254 e. The Hall–Kier alpha value is -3.02. The van der Waals surface area contributed by atoms with Gasteiger partial charge in [0.1, 0.15) is 11.2 Å². The van der Waals surface area contributed by atoms with Gasteiger partial charge >= 0.3 is 0 Å². The molecule has 6 heteroatoms. The zero-order valence-corrected chi connectivity index (χ0v) is 14.6. The number of aromatic nitrogens is 2. The summed E-state index contributed by atoms with van der Waals surface area (Å²) in [4.78, 5) is 33.5. The lowest BCUT2D eigenvalue weighted by atomic mass is 9.93. The first-order valence-corrected chi connectivity index (χ1v) is 8.84. The highest BCUT2D eigenvalue weighted by molar-refractivity contribution is 5.97. The summed E-state index contributed by atoms with van der Waals surface area (Å²) in [6.45, 7) is 2.51. The third-order valence-corrected chi connectivity index (χ3v) is 5.12. The molecule has 2 aliphatic rings. The van der Waals surface area contributed by atoms with Crippen molar-refractivity contribution in [3.63, 3.8) is 0 Å². The van der Waals surface area contributed by atoms with Crippen LogP contribution in [0.2, 0.25) is 0 Å². The molecule has 0 spiro atoms. The number of hydrogen-bond donors (Lipinski definition) is 1. The molecule has 0 radical (unpaired) electrons. The van der Waals surface area contributed by atoms with Crippen molar-refractivity contribution in [1.82, 2.24) is 9.55 Å². The van der Waals surface area contributed by atoms with Gasteiger partial charge in [0.05, 0.1) is 17.3 Å². The van der Waals surface area contributed by atoms with Crippen molar-refractivity contribution in [2.75, 3.05) is 0 Å². The summed E-state index contributed by atoms with van der Waals surface area (Å²) in [5.41, 5.74) is 8.68. The van der Waals surface area contributed by atoms with Crippen LogP contribution in [0.5, 0.6) is 0 Å². The van der Waals surface area contributed by atoms with E-state index in [9.17, 15) is 9.59 Å². The Bertz CT molecular complexity index is 1060. The molecule has 1 unspecified atom stereocenters. The average molecular weight is 348 g/mol. The van der Waals surface area contributed by atoms with Crippen molar-refractivity contribution >= 4 is 28.3 Å².